The van der Waals surface area contributed by atoms with Crippen LogP contribution in [0.4, 0.5) is 27.5 Å². The van der Waals surface area contributed by atoms with E-state index >= 15 is 0 Å². The summed E-state index contributed by atoms with van der Waals surface area (Å²) in [5, 5.41) is 17.2. The van der Waals surface area contributed by atoms with Crippen molar-refractivity contribution in [2.45, 2.75) is 6.42 Å². The molecule has 1 aromatic carbocycles. The third-order valence-corrected chi connectivity index (χ3v) is 4.18. The van der Waals surface area contributed by atoms with Crippen molar-refractivity contribution in [1.29, 1.82) is 0 Å². The van der Waals surface area contributed by atoms with E-state index < -0.39 is 16.4 Å². The Hall–Kier alpha value is -3.66. The summed E-state index contributed by atoms with van der Waals surface area (Å²) in [4.78, 5) is 25.3. The van der Waals surface area contributed by atoms with Gasteiger partial charge >= 0.3 is 5.69 Å². The van der Waals surface area contributed by atoms with Gasteiger partial charge < -0.3 is 15.5 Å². The SMILES string of the molecule is CN(C)CCCNc1nc(Nc2ccc(F)c([N+](=O)[O-])c2)cc(-c2ccncc2)n1. The van der Waals surface area contributed by atoms with Gasteiger partial charge in [-0.1, -0.05) is 0 Å². The molecule has 0 aliphatic heterocycles. The Morgan fingerprint density at radius 2 is 1.90 bits per heavy atom. The molecule has 0 saturated carbocycles. The number of nitrogens with zero attached hydrogens (tertiary/aromatic N) is 5. The summed E-state index contributed by atoms with van der Waals surface area (Å²) in [5.41, 5.74) is 1.24. The molecule has 0 saturated heterocycles. The van der Waals surface area contributed by atoms with Gasteiger partial charge in [-0.05, 0) is 51.3 Å². The first-order valence-corrected chi connectivity index (χ1v) is 9.31. The summed E-state index contributed by atoms with van der Waals surface area (Å²) >= 11 is 0. The van der Waals surface area contributed by atoms with Crippen LogP contribution in [-0.2, 0) is 0 Å². The van der Waals surface area contributed by atoms with Crippen LogP contribution in [0.15, 0.2) is 48.8 Å². The average molecular weight is 411 g/mol. The van der Waals surface area contributed by atoms with Gasteiger partial charge in [0.15, 0.2) is 0 Å². The summed E-state index contributed by atoms with van der Waals surface area (Å²) < 4.78 is 13.6. The Labute approximate surface area is 173 Å². The van der Waals surface area contributed by atoms with Gasteiger partial charge in [-0.3, -0.25) is 15.1 Å². The Bertz CT molecular complexity index is 1020. The predicted molar refractivity (Wildman–Crippen MR) is 113 cm³/mol. The molecule has 3 aromatic rings. The van der Waals surface area contributed by atoms with Crippen LogP contribution in [-0.4, -0.2) is 52.0 Å². The van der Waals surface area contributed by atoms with Crippen LogP contribution < -0.4 is 10.6 Å². The fraction of sp³-hybridized carbons (Fsp3) is 0.250. The van der Waals surface area contributed by atoms with Crippen molar-refractivity contribution in [1.82, 2.24) is 19.9 Å². The number of halogens is 1. The van der Waals surface area contributed by atoms with Crippen molar-refractivity contribution in [2.75, 3.05) is 37.8 Å². The quantitative estimate of drug-likeness (QED) is 0.312. The number of anilines is 3. The molecule has 2 N–H and O–H groups in total. The van der Waals surface area contributed by atoms with E-state index in [4.69, 9.17) is 0 Å². The van der Waals surface area contributed by atoms with Crippen molar-refractivity contribution in [3.05, 3.63) is 64.7 Å². The first-order valence-electron chi connectivity index (χ1n) is 9.31. The second-order valence-electron chi connectivity index (χ2n) is 6.83. The van der Waals surface area contributed by atoms with Crippen LogP contribution in [0, 0.1) is 15.9 Å². The van der Waals surface area contributed by atoms with Gasteiger partial charge in [0.2, 0.25) is 11.8 Å². The van der Waals surface area contributed by atoms with E-state index in [-0.39, 0.29) is 0 Å². The molecular weight excluding hydrogens is 389 g/mol. The van der Waals surface area contributed by atoms with Gasteiger partial charge in [-0.15, -0.1) is 0 Å². The summed E-state index contributed by atoms with van der Waals surface area (Å²) in [5.74, 6) is -0.0519. The average Bonchev–Trinajstić information content (AvgIpc) is 2.73. The molecule has 0 amide bonds. The zero-order chi connectivity index (χ0) is 21.5. The van der Waals surface area contributed by atoms with Crippen LogP contribution in [0.2, 0.25) is 0 Å². The topological polar surface area (TPSA) is 109 Å². The van der Waals surface area contributed by atoms with Crippen LogP contribution in [0.25, 0.3) is 11.3 Å². The third kappa shape index (κ3) is 5.67. The maximum Gasteiger partial charge on any atom is 0.306 e. The van der Waals surface area contributed by atoms with E-state index in [0.717, 1.165) is 30.7 Å². The molecule has 10 heteroatoms. The highest BCUT2D eigenvalue weighted by molar-refractivity contribution is 5.68. The number of hydrogen-bond donors (Lipinski definition) is 2. The van der Waals surface area contributed by atoms with Gasteiger partial charge in [0.05, 0.1) is 10.6 Å². The number of rotatable bonds is 9. The van der Waals surface area contributed by atoms with Gasteiger partial charge in [0, 0.05) is 42.3 Å². The van der Waals surface area contributed by atoms with Gasteiger partial charge in [-0.2, -0.15) is 9.37 Å². The molecule has 0 unspecified atom stereocenters. The lowest BCUT2D eigenvalue weighted by Gasteiger charge is -2.13. The lowest BCUT2D eigenvalue weighted by atomic mass is 10.2. The summed E-state index contributed by atoms with van der Waals surface area (Å²) in [6.07, 6.45) is 4.24. The maximum atomic E-state index is 13.6. The lowest BCUT2D eigenvalue weighted by Crippen LogP contribution is -2.17. The molecule has 2 aromatic heterocycles. The minimum absolute atomic E-state index is 0.348. The number of aromatic nitrogens is 3. The number of hydrogen-bond acceptors (Lipinski definition) is 8. The predicted octanol–water partition coefficient (Wildman–Crippen LogP) is 3.69. The van der Waals surface area contributed by atoms with E-state index in [1.165, 1.54) is 6.07 Å². The molecule has 30 heavy (non-hydrogen) atoms. The minimum atomic E-state index is -0.894. The standard InChI is InChI=1S/C20H22FN7O2/c1-27(2)11-3-8-23-20-25-17(14-6-9-22-10-7-14)13-19(26-20)24-15-4-5-16(21)18(12-15)28(29)30/h4-7,9-10,12-13H,3,8,11H2,1-2H3,(H2,23,24,25,26). The van der Waals surface area contributed by atoms with E-state index in [2.05, 4.69) is 30.5 Å². The number of nitro benzene ring substituents is 1. The minimum Gasteiger partial charge on any atom is -0.354 e. The zero-order valence-electron chi connectivity index (χ0n) is 16.7. The largest absolute Gasteiger partial charge is 0.354 e. The van der Waals surface area contributed by atoms with Crippen LogP contribution >= 0.6 is 0 Å². The molecular formula is C20H22FN7O2. The Balaban J connectivity index is 1.88. The van der Waals surface area contributed by atoms with Crippen LogP contribution in [0.3, 0.4) is 0 Å². The molecule has 3 rings (SSSR count). The van der Waals surface area contributed by atoms with Crippen molar-refractivity contribution >= 4 is 23.1 Å². The Morgan fingerprint density at radius 1 is 1.13 bits per heavy atom. The van der Waals surface area contributed by atoms with Crippen molar-refractivity contribution in [3.63, 3.8) is 0 Å². The fourth-order valence-electron chi connectivity index (χ4n) is 2.73. The Morgan fingerprint density at radius 3 is 2.60 bits per heavy atom. The van der Waals surface area contributed by atoms with Crippen LogP contribution in [0.1, 0.15) is 6.42 Å². The second-order valence-corrected chi connectivity index (χ2v) is 6.83. The lowest BCUT2D eigenvalue weighted by molar-refractivity contribution is -0.387. The summed E-state index contributed by atoms with van der Waals surface area (Å²) in [6.45, 7) is 1.60. The van der Waals surface area contributed by atoms with E-state index in [1.54, 1.807) is 18.5 Å². The summed E-state index contributed by atoms with van der Waals surface area (Å²) in [6, 6.07) is 8.96. The van der Waals surface area contributed by atoms with E-state index in [0.29, 0.717) is 29.7 Å². The molecule has 0 fully saturated rings. The molecule has 0 atom stereocenters. The Kier molecular flexibility index (Phi) is 6.81. The highest BCUT2D eigenvalue weighted by Crippen LogP contribution is 2.26. The van der Waals surface area contributed by atoms with Crippen molar-refractivity contribution < 1.29 is 9.31 Å². The smallest absolute Gasteiger partial charge is 0.306 e. The van der Waals surface area contributed by atoms with E-state index in [9.17, 15) is 14.5 Å². The van der Waals surface area contributed by atoms with Crippen molar-refractivity contribution in [2.24, 2.45) is 0 Å². The number of benzene rings is 1. The molecule has 0 radical (unpaired) electrons. The molecule has 0 aliphatic rings. The third-order valence-electron chi connectivity index (χ3n) is 4.18. The highest BCUT2D eigenvalue weighted by atomic mass is 19.1. The first kappa shape index (κ1) is 21.1. The fourth-order valence-corrected chi connectivity index (χ4v) is 2.73. The van der Waals surface area contributed by atoms with Gasteiger partial charge in [0.1, 0.15) is 5.82 Å². The molecule has 0 aliphatic carbocycles. The molecule has 0 bridgehead atoms. The first-order chi connectivity index (χ1) is 14.4. The number of pyridine rings is 1. The number of nitro groups is 1. The molecule has 2 heterocycles. The van der Waals surface area contributed by atoms with Crippen molar-refractivity contribution in [3.8, 4) is 11.3 Å². The highest BCUT2D eigenvalue weighted by Gasteiger charge is 2.15. The monoisotopic (exact) mass is 411 g/mol. The molecule has 9 nitrogen and oxygen atoms in total. The maximum absolute atomic E-state index is 13.6. The molecule has 0 spiro atoms. The van der Waals surface area contributed by atoms with Gasteiger partial charge in [0.25, 0.3) is 0 Å². The van der Waals surface area contributed by atoms with Crippen LogP contribution in [0.5, 0.6) is 0 Å². The number of nitrogens with one attached hydrogen (secondary N) is 2. The normalized spacial score (nSPS) is 10.8. The zero-order valence-corrected chi connectivity index (χ0v) is 16.7. The van der Waals surface area contributed by atoms with Gasteiger partial charge in [-0.25, -0.2) is 4.98 Å². The second kappa shape index (κ2) is 9.70. The molecule has 156 valence electrons. The van der Waals surface area contributed by atoms with E-state index in [1.807, 2.05) is 26.2 Å². The summed E-state index contributed by atoms with van der Waals surface area (Å²) in [7, 11) is 4.01.